The lowest BCUT2D eigenvalue weighted by Gasteiger charge is -2.13. The molecule has 0 heterocycles. The number of benzene rings is 2. The van der Waals surface area contributed by atoms with Crippen molar-refractivity contribution in [1.82, 2.24) is 10.6 Å². The maximum atomic E-state index is 11.4. The Balaban J connectivity index is 0. The number of carboxylic acids is 2. The number of hydrogen-bond acceptors (Lipinski definition) is 7. The average Bonchev–Trinajstić information content (AvgIpc) is 3.54. The van der Waals surface area contributed by atoms with Crippen LogP contribution in [0.25, 0.3) is 11.1 Å². The summed E-state index contributed by atoms with van der Waals surface area (Å²) in [6.45, 7) is 7.94. The summed E-state index contributed by atoms with van der Waals surface area (Å²) in [5.41, 5.74) is 10.3. The third-order valence-corrected chi connectivity index (χ3v) is 7.99. The van der Waals surface area contributed by atoms with E-state index in [4.69, 9.17) is 40.0 Å². The van der Waals surface area contributed by atoms with Crippen LogP contribution in [0.2, 0.25) is 0 Å². The number of nitrogens with two attached hydrogens (primary N) is 1. The molecule has 0 aliphatic heterocycles. The first-order chi connectivity index (χ1) is 27.5. The molecule has 312 valence electrons. The number of hydrogen-bond donors (Lipinski definition) is 5. The van der Waals surface area contributed by atoms with Crippen LogP contribution in [0.4, 0.5) is 0 Å². The minimum absolute atomic E-state index is 0.0782. The zero-order chi connectivity index (χ0) is 43.1. The normalized spacial score (nSPS) is 10.1. The second-order valence-corrected chi connectivity index (χ2v) is 12.7. The van der Waals surface area contributed by atoms with Crippen molar-refractivity contribution in [2.45, 2.75) is 123 Å². The van der Waals surface area contributed by atoms with E-state index in [0.717, 1.165) is 19.5 Å². The Labute approximate surface area is 341 Å². The van der Waals surface area contributed by atoms with Crippen LogP contribution in [0.1, 0.15) is 134 Å². The van der Waals surface area contributed by atoms with Crippen molar-refractivity contribution in [3.63, 3.8) is 0 Å². The summed E-state index contributed by atoms with van der Waals surface area (Å²) >= 11 is 0. The highest BCUT2D eigenvalue weighted by Gasteiger charge is 2.28. The average molecular weight is 788 g/mol. The summed E-state index contributed by atoms with van der Waals surface area (Å²) in [5, 5.41) is 21.1. The molecule has 2 aromatic carbocycles. The van der Waals surface area contributed by atoms with E-state index in [0.29, 0.717) is 38.7 Å². The molecule has 1 aliphatic carbocycles. The van der Waals surface area contributed by atoms with Gasteiger partial charge in [0.2, 0.25) is 11.8 Å². The van der Waals surface area contributed by atoms with Crippen LogP contribution in [0.3, 0.4) is 0 Å². The number of aliphatic carboxylic acids is 2. The van der Waals surface area contributed by atoms with Crippen molar-refractivity contribution in [3.05, 3.63) is 59.7 Å². The molecular formula is C46H65N3O8. The lowest BCUT2D eigenvalue weighted by atomic mass is 9.98. The van der Waals surface area contributed by atoms with E-state index in [9.17, 15) is 24.0 Å². The van der Waals surface area contributed by atoms with E-state index in [1.54, 1.807) is 0 Å². The molecule has 0 saturated heterocycles. The van der Waals surface area contributed by atoms with Crippen LogP contribution in [0.5, 0.6) is 0 Å². The van der Waals surface area contributed by atoms with Crippen LogP contribution in [0.15, 0.2) is 48.5 Å². The van der Waals surface area contributed by atoms with Crippen LogP contribution in [0, 0.1) is 37.0 Å². The van der Waals surface area contributed by atoms with Gasteiger partial charge in [-0.25, -0.2) is 0 Å². The number of carbonyl (C=O) groups is 5. The number of rotatable bonds is 20. The molecule has 3 rings (SSSR count). The maximum absolute atomic E-state index is 11.4. The highest BCUT2D eigenvalue weighted by Crippen LogP contribution is 2.44. The molecule has 0 fully saturated rings. The van der Waals surface area contributed by atoms with E-state index in [1.807, 2.05) is 19.1 Å². The molecule has 0 saturated carbocycles. The Morgan fingerprint density at radius 1 is 0.667 bits per heavy atom. The molecule has 2 amide bonds. The van der Waals surface area contributed by atoms with Crippen molar-refractivity contribution in [1.29, 1.82) is 0 Å². The number of unbranched alkanes of at least 4 members (excludes halogenated alkanes) is 6. The monoisotopic (exact) mass is 787 g/mol. The van der Waals surface area contributed by atoms with E-state index < -0.39 is 11.9 Å². The fourth-order valence-electron chi connectivity index (χ4n) is 4.97. The van der Waals surface area contributed by atoms with Gasteiger partial charge in [0.1, 0.15) is 13.2 Å². The molecule has 0 unspecified atom stereocenters. The fraction of sp³-hybridized carbons (Fsp3) is 0.500. The second-order valence-electron chi connectivity index (χ2n) is 12.7. The minimum Gasteiger partial charge on any atom is -0.481 e. The molecule has 2 aromatic rings. The predicted molar refractivity (Wildman–Crippen MR) is 228 cm³/mol. The Hall–Kier alpha value is -5.57. The number of terminal acetylenes is 3. The summed E-state index contributed by atoms with van der Waals surface area (Å²) < 4.78 is 5.35. The van der Waals surface area contributed by atoms with Crippen molar-refractivity contribution in [2.24, 2.45) is 5.73 Å². The minimum atomic E-state index is -1.06. The topological polar surface area (TPSA) is 185 Å². The van der Waals surface area contributed by atoms with Crippen molar-refractivity contribution >= 4 is 29.7 Å². The number of nitrogens with one attached hydrogen (secondary N) is 2. The first-order valence-electron chi connectivity index (χ1n) is 19.8. The van der Waals surface area contributed by atoms with Gasteiger partial charge in [-0.1, -0.05) is 108 Å². The van der Waals surface area contributed by atoms with Gasteiger partial charge < -0.3 is 31.3 Å². The number of amides is 2. The molecule has 57 heavy (non-hydrogen) atoms. The van der Waals surface area contributed by atoms with E-state index in [1.165, 1.54) is 67.2 Å². The van der Waals surface area contributed by atoms with Gasteiger partial charge in [-0.2, -0.15) is 0 Å². The zero-order valence-electron chi connectivity index (χ0n) is 34.3. The molecule has 0 aromatic heterocycles. The van der Waals surface area contributed by atoms with Crippen LogP contribution >= 0.6 is 0 Å². The summed E-state index contributed by atoms with van der Waals surface area (Å²) in [4.78, 5) is 52.6. The van der Waals surface area contributed by atoms with Gasteiger partial charge in [0.05, 0.1) is 6.42 Å². The molecule has 1 aliphatic rings. The Morgan fingerprint density at radius 2 is 1.14 bits per heavy atom. The molecule has 0 atom stereocenters. The number of esters is 1. The van der Waals surface area contributed by atoms with E-state index in [-0.39, 0.29) is 43.1 Å². The number of ether oxygens (including phenoxy) is 1. The van der Waals surface area contributed by atoms with Gasteiger partial charge in [0, 0.05) is 51.0 Å². The van der Waals surface area contributed by atoms with Crippen molar-refractivity contribution < 1.29 is 38.9 Å². The van der Waals surface area contributed by atoms with Gasteiger partial charge in [0.15, 0.2) is 0 Å². The number of carboxylic acid groups (broad SMARTS) is 2. The molecule has 11 heteroatoms. The van der Waals surface area contributed by atoms with E-state index >= 15 is 0 Å². The predicted octanol–water partition coefficient (Wildman–Crippen LogP) is 7.46. The molecule has 11 nitrogen and oxygen atoms in total. The second kappa shape index (κ2) is 37.4. The van der Waals surface area contributed by atoms with E-state index in [2.05, 4.69) is 78.6 Å². The van der Waals surface area contributed by atoms with Crippen LogP contribution in [-0.2, 0) is 28.7 Å². The Bertz CT molecular complexity index is 1520. The summed E-state index contributed by atoms with van der Waals surface area (Å²) in [7, 11) is 0. The summed E-state index contributed by atoms with van der Waals surface area (Å²) in [5.74, 6) is 4.83. The van der Waals surface area contributed by atoms with Crippen molar-refractivity contribution in [3.8, 4) is 48.2 Å². The number of carbonyl (C=O) groups excluding carboxylic acids is 3. The largest absolute Gasteiger partial charge is 0.481 e. The lowest BCUT2D eigenvalue weighted by Crippen LogP contribution is -2.28. The molecule has 0 spiro atoms. The first-order valence-corrected chi connectivity index (χ1v) is 19.8. The zero-order valence-corrected chi connectivity index (χ0v) is 34.3. The lowest BCUT2D eigenvalue weighted by molar-refractivity contribution is -0.143. The van der Waals surface area contributed by atoms with Crippen LogP contribution in [-0.4, -0.2) is 66.2 Å². The molecule has 0 radical (unpaired) electrons. The van der Waals surface area contributed by atoms with Crippen LogP contribution < -0.4 is 16.4 Å². The molecule has 0 bridgehead atoms. The van der Waals surface area contributed by atoms with Gasteiger partial charge in [-0.15, -0.1) is 37.0 Å². The SMILES string of the molecule is C#CCCC(=O)NCC(=O)O.C#CCCC(=O)NCCCCCC.C#CCCC(=O)O.CCC(=O)OCC1c2ccccc2-c2ccccc21.CCCCCCN. The third-order valence-electron chi connectivity index (χ3n) is 7.99. The van der Waals surface area contributed by atoms with Crippen molar-refractivity contribution in [2.75, 3.05) is 26.2 Å². The summed E-state index contributed by atoms with van der Waals surface area (Å²) in [6.07, 6.45) is 27.0. The Morgan fingerprint density at radius 3 is 1.56 bits per heavy atom. The quantitative estimate of drug-likeness (QED) is 0.0516. The van der Waals surface area contributed by atoms with Gasteiger partial charge in [-0.05, 0) is 41.6 Å². The molecular weight excluding hydrogens is 723 g/mol. The van der Waals surface area contributed by atoms with Gasteiger partial charge in [0.25, 0.3) is 0 Å². The highest BCUT2D eigenvalue weighted by molar-refractivity contribution is 5.81. The van der Waals surface area contributed by atoms with Gasteiger partial charge >= 0.3 is 17.9 Å². The Kier molecular flexibility index (Phi) is 35.1. The standard InChI is InChI=1S/C17H16O2.C11H19NO.C7H9NO3.C6H15N.C5H6O2/c1-2-17(18)19-11-16-14-9-5-3-7-12(14)13-8-4-6-10-15(13)16;1-3-5-7-8-10-12-11(13)9-6-4-2;1-2-3-4-6(9)8-5-7(10)11;1-2-3-4-5-6-7;1-2-3-4-5(6)7/h3-10,16H,2,11H2,1H3;2H,3,5-10H2,1H3,(H,12,13);1H,3-5H2,(H,8,9)(H,10,11);2-7H2,1H3;1H,3-4H2,(H,6,7). The summed E-state index contributed by atoms with van der Waals surface area (Å²) in [6, 6.07) is 16.7. The smallest absolute Gasteiger partial charge is 0.322 e. The molecule has 6 N–H and O–H groups in total. The third kappa shape index (κ3) is 29.4. The highest BCUT2D eigenvalue weighted by atomic mass is 16.5. The maximum Gasteiger partial charge on any atom is 0.322 e. The number of fused-ring (bicyclic) bond motifs is 3. The fourth-order valence-corrected chi connectivity index (χ4v) is 4.97. The first kappa shape index (κ1) is 53.5. The van der Waals surface area contributed by atoms with Gasteiger partial charge in [-0.3, -0.25) is 24.0 Å².